The first kappa shape index (κ1) is 12.4. The van der Waals surface area contributed by atoms with Crippen LogP contribution in [0.2, 0.25) is 5.02 Å². The summed E-state index contributed by atoms with van der Waals surface area (Å²) in [5, 5.41) is 3.17. The molecule has 0 atom stereocenters. The fourth-order valence-electron chi connectivity index (χ4n) is 2.00. The van der Waals surface area contributed by atoms with Crippen molar-refractivity contribution >= 4 is 39.8 Å². The summed E-state index contributed by atoms with van der Waals surface area (Å²) in [5.74, 6) is 0. The lowest BCUT2D eigenvalue weighted by Crippen LogP contribution is -1.85. The van der Waals surface area contributed by atoms with E-state index in [4.69, 9.17) is 17.3 Å². The van der Waals surface area contributed by atoms with Crippen LogP contribution >= 0.6 is 23.4 Å². The fraction of sp³-hybridized carbons (Fsp3) is 0. The van der Waals surface area contributed by atoms with Crippen molar-refractivity contribution in [2.75, 3.05) is 5.73 Å². The number of nitrogens with two attached hydrogens (primary N) is 1. The van der Waals surface area contributed by atoms with E-state index in [9.17, 15) is 0 Å². The summed E-state index contributed by atoms with van der Waals surface area (Å²) < 4.78 is 0. The maximum absolute atomic E-state index is 6.23. The molecule has 0 amide bonds. The minimum atomic E-state index is 0.687. The van der Waals surface area contributed by atoms with Gasteiger partial charge < -0.3 is 5.73 Å². The molecular weight excluding hydrogens is 274 g/mol. The lowest BCUT2D eigenvalue weighted by Gasteiger charge is -2.08. The van der Waals surface area contributed by atoms with Gasteiger partial charge in [0, 0.05) is 15.5 Å². The average Bonchev–Trinajstić information content (AvgIpc) is 2.42. The minimum Gasteiger partial charge on any atom is -0.399 e. The van der Waals surface area contributed by atoms with Gasteiger partial charge in [-0.2, -0.15) is 0 Å². The second-order valence-corrected chi connectivity index (χ2v) is 5.76. The van der Waals surface area contributed by atoms with Crippen molar-refractivity contribution in [2.45, 2.75) is 9.79 Å². The quantitative estimate of drug-likeness (QED) is 0.653. The highest BCUT2D eigenvalue weighted by atomic mass is 35.5. The molecule has 0 aromatic heterocycles. The lowest BCUT2D eigenvalue weighted by molar-refractivity contribution is 1.44. The van der Waals surface area contributed by atoms with E-state index in [0.717, 1.165) is 4.90 Å². The van der Waals surface area contributed by atoms with Crippen LogP contribution in [0.4, 0.5) is 5.69 Å². The molecule has 1 nitrogen and oxygen atoms in total. The third kappa shape index (κ3) is 2.55. The van der Waals surface area contributed by atoms with Crippen LogP contribution in [0.5, 0.6) is 0 Å². The van der Waals surface area contributed by atoms with Crippen LogP contribution in [0.1, 0.15) is 0 Å². The van der Waals surface area contributed by atoms with Gasteiger partial charge in [-0.3, -0.25) is 0 Å². The zero-order chi connectivity index (χ0) is 13.2. The van der Waals surface area contributed by atoms with Crippen molar-refractivity contribution in [2.24, 2.45) is 0 Å². The summed E-state index contributed by atoms with van der Waals surface area (Å²) in [6.07, 6.45) is 0. The molecular formula is C16H12ClNS. The SMILES string of the molecule is Nc1ccc(Sc2cccc3ccccc23)c(Cl)c1. The van der Waals surface area contributed by atoms with Crippen LogP contribution in [0.15, 0.2) is 70.5 Å². The fourth-order valence-corrected chi connectivity index (χ4v) is 3.28. The number of benzene rings is 3. The van der Waals surface area contributed by atoms with E-state index in [0.29, 0.717) is 10.7 Å². The molecule has 3 rings (SSSR count). The van der Waals surface area contributed by atoms with Crippen molar-refractivity contribution in [1.82, 2.24) is 0 Å². The molecule has 3 aromatic rings. The van der Waals surface area contributed by atoms with Crippen LogP contribution in [0, 0.1) is 0 Å². The standard InChI is InChI=1S/C16H12ClNS/c17-14-10-12(18)8-9-16(14)19-15-7-3-5-11-4-1-2-6-13(11)15/h1-10H,18H2. The second kappa shape index (κ2) is 5.16. The molecule has 19 heavy (non-hydrogen) atoms. The molecule has 0 aliphatic rings. The van der Waals surface area contributed by atoms with E-state index in [1.54, 1.807) is 17.8 Å². The van der Waals surface area contributed by atoms with Gasteiger partial charge in [-0.05, 0) is 35.0 Å². The Bertz CT molecular complexity index is 734. The first-order chi connectivity index (χ1) is 9.24. The number of halogens is 1. The number of fused-ring (bicyclic) bond motifs is 1. The average molecular weight is 286 g/mol. The van der Waals surface area contributed by atoms with E-state index in [-0.39, 0.29) is 0 Å². The Kier molecular flexibility index (Phi) is 3.36. The highest BCUT2D eigenvalue weighted by Gasteiger charge is 2.06. The number of nitrogen functional groups attached to an aromatic ring is 1. The normalized spacial score (nSPS) is 10.8. The molecule has 0 aliphatic heterocycles. The van der Waals surface area contributed by atoms with Crippen molar-refractivity contribution in [3.63, 3.8) is 0 Å². The van der Waals surface area contributed by atoms with Crippen molar-refractivity contribution in [3.8, 4) is 0 Å². The van der Waals surface area contributed by atoms with Crippen molar-refractivity contribution in [3.05, 3.63) is 65.7 Å². The molecule has 94 valence electrons. The van der Waals surface area contributed by atoms with Gasteiger partial charge in [0.25, 0.3) is 0 Å². The van der Waals surface area contributed by atoms with Crippen LogP contribution in [0.25, 0.3) is 10.8 Å². The van der Waals surface area contributed by atoms with Gasteiger partial charge in [0.05, 0.1) is 5.02 Å². The van der Waals surface area contributed by atoms with E-state index >= 15 is 0 Å². The Hall–Kier alpha value is -1.64. The van der Waals surface area contributed by atoms with E-state index < -0.39 is 0 Å². The van der Waals surface area contributed by atoms with Gasteiger partial charge in [0.2, 0.25) is 0 Å². The summed E-state index contributed by atoms with van der Waals surface area (Å²) in [6, 6.07) is 20.3. The van der Waals surface area contributed by atoms with Crippen LogP contribution in [0.3, 0.4) is 0 Å². The molecule has 0 saturated carbocycles. The van der Waals surface area contributed by atoms with Gasteiger partial charge in [0.15, 0.2) is 0 Å². The number of hydrogen-bond donors (Lipinski definition) is 1. The molecule has 0 saturated heterocycles. The molecule has 0 fully saturated rings. The summed E-state index contributed by atoms with van der Waals surface area (Å²) in [4.78, 5) is 2.22. The zero-order valence-corrected chi connectivity index (χ0v) is 11.7. The number of anilines is 1. The summed E-state index contributed by atoms with van der Waals surface area (Å²) in [7, 11) is 0. The van der Waals surface area contributed by atoms with Crippen LogP contribution < -0.4 is 5.73 Å². The molecule has 0 spiro atoms. The summed E-state index contributed by atoms with van der Waals surface area (Å²) in [6.45, 7) is 0. The minimum absolute atomic E-state index is 0.687. The van der Waals surface area contributed by atoms with E-state index in [1.807, 2.05) is 18.2 Å². The van der Waals surface area contributed by atoms with Gasteiger partial charge in [-0.1, -0.05) is 59.8 Å². The van der Waals surface area contributed by atoms with Crippen LogP contribution in [-0.2, 0) is 0 Å². The third-order valence-corrected chi connectivity index (χ3v) is 4.50. The van der Waals surface area contributed by atoms with Crippen molar-refractivity contribution < 1.29 is 0 Å². The Balaban J connectivity index is 2.06. The Morgan fingerprint density at radius 1 is 0.842 bits per heavy atom. The molecule has 0 unspecified atom stereocenters. The molecule has 0 heterocycles. The lowest BCUT2D eigenvalue weighted by atomic mass is 10.1. The van der Waals surface area contributed by atoms with Gasteiger partial charge in [0.1, 0.15) is 0 Å². The first-order valence-electron chi connectivity index (χ1n) is 5.95. The van der Waals surface area contributed by atoms with Crippen LogP contribution in [-0.4, -0.2) is 0 Å². The molecule has 0 bridgehead atoms. The predicted octanol–water partition coefficient (Wildman–Crippen LogP) is 5.23. The topological polar surface area (TPSA) is 26.0 Å². The Morgan fingerprint density at radius 3 is 2.47 bits per heavy atom. The first-order valence-corrected chi connectivity index (χ1v) is 7.14. The molecule has 3 aromatic carbocycles. The van der Waals surface area contributed by atoms with Gasteiger partial charge in [-0.25, -0.2) is 0 Å². The monoisotopic (exact) mass is 285 g/mol. The largest absolute Gasteiger partial charge is 0.399 e. The molecule has 0 aliphatic carbocycles. The Morgan fingerprint density at radius 2 is 1.63 bits per heavy atom. The summed E-state index contributed by atoms with van der Waals surface area (Å²) >= 11 is 7.89. The highest BCUT2D eigenvalue weighted by Crippen LogP contribution is 2.37. The number of hydrogen-bond acceptors (Lipinski definition) is 2. The predicted molar refractivity (Wildman–Crippen MR) is 83.9 cm³/mol. The smallest absolute Gasteiger partial charge is 0.0565 e. The van der Waals surface area contributed by atoms with E-state index in [2.05, 4.69) is 36.4 Å². The number of rotatable bonds is 2. The zero-order valence-electron chi connectivity index (χ0n) is 10.1. The Labute approximate surface area is 121 Å². The second-order valence-electron chi connectivity index (χ2n) is 4.27. The molecule has 0 radical (unpaired) electrons. The molecule has 3 heteroatoms. The third-order valence-electron chi connectivity index (χ3n) is 2.93. The highest BCUT2D eigenvalue weighted by molar-refractivity contribution is 7.99. The van der Waals surface area contributed by atoms with Gasteiger partial charge in [-0.15, -0.1) is 0 Å². The van der Waals surface area contributed by atoms with Gasteiger partial charge >= 0.3 is 0 Å². The van der Waals surface area contributed by atoms with Crippen molar-refractivity contribution in [1.29, 1.82) is 0 Å². The maximum Gasteiger partial charge on any atom is 0.0565 e. The summed E-state index contributed by atoms with van der Waals surface area (Å²) in [5.41, 5.74) is 6.41. The molecule has 2 N–H and O–H groups in total. The van der Waals surface area contributed by atoms with E-state index in [1.165, 1.54) is 15.7 Å². The maximum atomic E-state index is 6.23.